The minimum Gasteiger partial charge on any atom is -0.490 e. The standard InChI is InChI=1S/C29H35F2N3O2/c1-20(2)32-14-10-24(11-15-32)36-25-8-9-26-22(18-25)19-27(34(26)23-6-4-21(3)5-7-23)28(35)33-16-12-29(30,31)13-17-33/h4-9,18-20,24H,10-17H2,1-3H3. The number of piperidine rings is 2. The highest BCUT2D eigenvalue weighted by atomic mass is 19.3. The Balaban J connectivity index is 1.45. The van der Waals surface area contributed by atoms with Crippen LogP contribution in [-0.2, 0) is 0 Å². The summed E-state index contributed by atoms with van der Waals surface area (Å²) in [5, 5.41) is 0.901. The van der Waals surface area contributed by atoms with Crippen molar-refractivity contribution in [2.24, 2.45) is 0 Å². The highest BCUT2D eigenvalue weighted by Crippen LogP contribution is 2.32. The molecule has 2 aromatic carbocycles. The first-order chi connectivity index (χ1) is 17.2. The van der Waals surface area contributed by atoms with Gasteiger partial charge in [-0.25, -0.2) is 8.78 Å². The van der Waals surface area contributed by atoms with E-state index in [0.717, 1.165) is 53.8 Å². The summed E-state index contributed by atoms with van der Waals surface area (Å²) in [5.41, 5.74) is 3.38. The number of aromatic nitrogens is 1. The van der Waals surface area contributed by atoms with Gasteiger partial charge >= 0.3 is 0 Å². The second kappa shape index (κ2) is 9.85. The van der Waals surface area contributed by atoms with Crippen molar-refractivity contribution in [1.29, 1.82) is 0 Å². The van der Waals surface area contributed by atoms with Gasteiger partial charge in [-0.3, -0.25) is 4.79 Å². The number of amides is 1. The summed E-state index contributed by atoms with van der Waals surface area (Å²) in [6.07, 6.45) is 1.56. The number of hydrogen-bond donors (Lipinski definition) is 0. The average Bonchev–Trinajstić information content (AvgIpc) is 3.23. The molecule has 0 radical (unpaired) electrons. The van der Waals surface area contributed by atoms with Gasteiger partial charge in [-0.1, -0.05) is 17.7 Å². The quantitative estimate of drug-likeness (QED) is 0.432. The van der Waals surface area contributed by atoms with Crippen molar-refractivity contribution in [2.45, 2.75) is 64.5 Å². The molecule has 2 aliphatic heterocycles. The molecule has 2 fully saturated rings. The van der Waals surface area contributed by atoms with Crippen molar-refractivity contribution in [1.82, 2.24) is 14.4 Å². The molecule has 0 bridgehead atoms. The minimum atomic E-state index is -2.70. The molecule has 5 rings (SSSR count). The zero-order valence-corrected chi connectivity index (χ0v) is 21.3. The van der Waals surface area contributed by atoms with Crippen LogP contribution in [-0.4, -0.2) is 64.5 Å². The lowest BCUT2D eigenvalue weighted by atomic mass is 10.1. The van der Waals surface area contributed by atoms with Gasteiger partial charge in [0, 0.05) is 56.1 Å². The van der Waals surface area contributed by atoms with Crippen LogP contribution in [0.25, 0.3) is 16.6 Å². The fourth-order valence-corrected chi connectivity index (χ4v) is 5.30. The van der Waals surface area contributed by atoms with E-state index in [1.54, 1.807) is 4.90 Å². The molecule has 36 heavy (non-hydrogen) atoms. The van der Waals surface area contributed by atoms with Gasteiger partial charge in [0.2, 0.25) is 0 Å². The molecular formula is C29H35F2N3O2. The lowest BCUT2D eigenvalue weighted by Crippen LogP contribution is -2.43. The predicted molar refractivity (Wildman–Crippen MR) is 138 cm³/mol. The molecule has 192 valence electrons. The fourth-order valence-electron chi connectivity index (χ4n) is 5.30. The number of halogens is 2. The number of alkyl halides is 2. The van der Waals surface area contributed by atoms with Crippen molar-refractivity contribution >= 4 is 16.8 Å². The number of likely N-dealkylation sites (tertiary alicyclic amines) is 2. The molecule has 0 N–H and O–H groups in total. The van der Waals surface area contributed by atoms with E-state index in [1.165, 1.54) is 0 Å². The number of carbonyl (C=O) groups is 1. The van der Waals surface area contributed by atoms with Crippen LogP contribution in [0.4, 0.5) is 8.78 Å². The molecular weight excluding hydrogens is 460 g/mol. The van der Waals surface area contributed by atoms with E-state index < -0.39 is 5.92 Å². The third-order valence-electron chi connectivity index (χ3n) is 7.58. The summed E-state index contributed by atoms with van der Waals surface area (Å²) in [6, 6.07) is 16.4. The Morgan fingerprint density at radius 1 is 0.972 bits per heavy atom. The minimum absolute atomic E-state index is 0.0602. The summed E-state index contributed by atoms with van der Waals surface area (Å²) in [5.74, 6) is -2.12. The maximum Gasteiger partial charge on any atom is 0.270 e. The van der Waals surface area contributed by atoms with Gasteiger partial charge in [-0.05, 0) is 70.0 Å². The maximum absolute atomic E-state index is 13.7. The third-order valence-corrected chi connectivity index (χ3v) is 7.58. The average molecular weight is 496 g/mol. The molecule has 7 heteroatoms. The molecule has 0 atom stereocenters. The van der Waals surface area contributed by atoms with E-state index in [-0.39, 0.29) is 37.9 Å². The summed E-state index contributed by atoms with van der Waals surface area (Å²) in [6.45, 7) is 8.65. The van der Waals surface area contributed by atoms with Crippen molar-refractivity contribution in [2.75, 3.05) is 26.2 Å². The second-order valence-corrected chi connectivity index (χ2v) is 10.5. The lowest BCUT2D eigenvalue weighted by molar-refractivity contribution is -0.0495. The van der Waals surface area contributed by atoms with Crippen molar-refractivity contribution in [3.05, 3.63) is 59.8 Å². The summed E-state index contributed by atoms with van der Waals surface area (Å²) in [7, 11) is 0. The predicted octanol–water partition coefficient (Wildman–Crippen LogP) is 6.06. The molecule has 5 nitrogen and oxygen atoms in total. The SMILES string of the molecule is Cc1ccc(-n2c(C(=O)N3CCC(F)(F)CC3)cc3cc(OC4CCN(C(C)C)CC4)ccc32)cc1. The Hall–Kier alpha value is -2.93. The van der Waals surface area contributed by atoms with E-state index in [9.17, 15) is 13.6 Å². The van der Waals surface area contributed by atoms with Crippen LogP contribution >= 0.6 is 0 Å². The Kier molecular flexibility index (Phi) is 6.77. The third kappa shape index (κ3) is 5.12. The van der Waals surface area contributed by atoms with Crippen LogP contribution in [0.15, 0.2) is 48.5 Å². The first kappa shape index (κ1) is 24.8. The van der Waals surface area contributed by atoms with Crippen LogP contribution < -0.4 is 4.74 Å². The molecule has 3 aromatic rings. The molecule has 0 saturated carbocycles. The Morgan fingerprint density at radius 2 is 1.64 bits per heavy atom. The Bertz CT molecular complexity index is 1220. The zero-order chi connectivity index (χ0) is 25.4. The fraction of sp³-hybridized carbons (Fsp3) is 0.483. The van der Waals surface area contributed by atoms with Crippen molar-refractivity contribution in [3.8, 4) is 11.4 Å². The lowest BCUT2D eigenvalue weighted by Gasteiger charge is -2.34. The molecule has 0 aliphatic carbocycles. The number of benzene rings is 2. The summed E-state index contributed by atoms with van der Waals surface area (Å²) < 4.78 is 35.7. The number of hydrogen-bond acceptors (Lipinski definition) is 3. The first-order valence-electron chi connectivity index (χ1n) is 13.0. The van der Waals surface area contributed by atoms with E-state index in [0.29, 0.717) is 11.7 Å². The molecule has 2 aliphatic rings. The Morgan fingerprint density at radius 3 is 2.28 bits per heavy atom. The van der Waals surface area contributed by atoms with Gasteiger partial charge in [0.05, 0.1) is 5.52 Å². The van der Waals surface area contributed by atoms with Gasteiger partial charge < -0.3 is 19.1 Å². The highest BCUT2D eigenvalue weighted by Gasteiger charge is 2.36. The number of aryl methyl sites for hydroxylation is 1. The van der Waals surface area contributed by atoms with Crippen LogP contribution in [0.3, 0.4) is 0 Å². The number of nitrogens with zero attached hydrogens (tertiary/aromatic N) is 3. The number of carbonyl (C=O) groups excluding carboxylic acids is 1. The van der Waals surface area contributed by atoms with Gasteiger partial charge in [-0.15, -0.1) is 0 Å². The normalized spacial score (nSPS) is 19.2. The molecule has 1 aromatic heterocycles. The van der Waals surface area contributed by atoms with Crippen LogP contribution in [0.1, 0.15) is 55.6 Å². The summed E-state index contributed by atoms with van der Waals surface area (Å²) >= 11 is 0. The molecule has 3 heterocycles. The molecule has 1 amide bonds. The van der Waals surface area contributed by atoms with E-state index in [1.807, 2.05) is 60.0 Å². The second-order valence-electron chi connectivity index (χ2n) is 10.5. The zero-order valence-electron chi connectivity index (χ0n) is 21.3. The van der Waals surface area contributed by atoms with Gasteiger partial charge in [-0.2, -0.15) is 0 Å². The van der Waals surface area contributed by atoms with Gasteiger partial charge in [0.1, 0.15) is 17.5 Å². The van der Waals surface area contributed by atoms with E-state index in [2.05, 4.69) is 18.7 Å². The van der Waals surface area contributed by atoms with E-state index in [4.69, 9.17) is 4.74 Å². The monoisotopic (exact) mass is 495 g/mol. The molecule has 0 unspecified atom stereocenters. The number of ether oxygens (including phenoxy) is 1. The van der Waals surface area contributed by atoms with Crippen molar-refractivity contribution < 1.29 is 18.3 Å². The van der Waals surface area contributed by atoms with Crippen LogP contribution in [0.5, 0.6) is 5.75 Å². The van der Waals surface area contributed by atoms with Crippen molar-refractivity contribution in [3.63, 3.8) is 0 Å². The van der Waals surface area contributed by atoms with Crippen LogP contribution in [0.2, 0.25) is 0 Å². The molecule has 2 saturated heterocycles. The highest BCUT2D eigenvalue weighted by molar-refractivity contribution is 6.00. The largest absolute Gasteiger partial charge is 0.490 e. The smallest absolute Gasteiger partial charge is 0.270 e. The Labute approximate surface area is 211 Å². The van der Waals surface area contributed by atoms with Crippen LogP contribution in [0, 0.1) is 6.92 Å². The summed E-state index contributed by atoms with van der Waals surface area (Å²) in [4.78, 5) is 17.6. The van der Waals surface area contributed by atoms with Gasteiger partial charge in [0.15, 0.2) is 0 Å². The topological polar surface area (TPSA) is 37.7 Å². The van der Waals surface area contributed by atoms with Gasteiger partial charge in [0.25, 0.3) is 11.8 Å². The first-order valence-corrected chi connectivity index (χ1v) is 13.0. The molecule has 0 spiro atoms. The number of rotatable bonds is 5. The van der Waals surface area contributed by atoms with E-state index >= 15 is 0 Å². The maximum atomic E-state index is 13.7. The number of fused-ring (bicyclic) bond motifs is 1.